The fraction of sp³-hybridized carbons (Fsp3) is 0.357. The molecule has 7 heteroatoms. The Labute approximate surface area is 204 Å². The smallest absolute Gasteiger partial charge is 0.317 e. The number of rotatable bonds is 5. The van der Waals surface area contributed by atoms with Crippen molar-refractivity contribution in [3.05, 3.63) is 94.3 Å². The van der Waals surface area contributed by atoms with Gasteiger partial charge in [-0.1, -0.05) is 30.2 Å². The largest absolute Gasteiger partial charge is 0.331 e. The van der Waals surface area contributed by atoms with Crippen LogP contribution in [0.15, 0.2) is 65.9 Å². The molecular weight excluding hydrogens is 446 g/mol. The summed E-state index contributed by atoms with van der Waals surface area (Å²) in [5, 5.41) is 7.74. The number of amides is 2. The number of urea groups is 1. The zero-order valence-electron chi connectivity index (χ0n) is 20.3. The number of halogens is 2. The molecule has 0 bridgehead atoms. The molecule has 1 N–H and O–H groups in total. The van der Waals surface area contributed by atoms with Gasteiger partial charge in [0.15, 0.2) is 0 Å². The summed E-state index contributed by atoms with van der Waals surface area (Å²) in [6, 6.07) is 12.5. The van der Waals surface area contributed by atoms with Crippen molar-refractivity contribution in [3.63, 3.8) is 0 Å². The Morgan fingerprint density at radius 3 is 2.66 bits per heavy atom. The molecule has 5 nitrogen and oxygen atoms in total. The standard InChI is InChI=1S/C28H30F2N4O/c1-17-24-16-31-34(23-11-9-21(29)10-12-23)26(24)15-20-8-7-19(27(17)20)14-25(32-28(35)33(2)3)18-5-4-6-22(30)13-18/h4-6,9-13,16-17,19,25H,7-8,14-15H2,1-3H3,(H,32,35)/t17-,19+,25?/m0/s1. The molecule has 5 rings (SSSR count). The third kappa shape index (κ3) is 4.47. The van der Waals surface area contributed by atoms with Crippen LogP contribution in [-0.4, -0.2) is 34.8 Å². The SMILES string of the molecule is C[C@@H]1C2=C(CC[C@@H]2CC(NC(=O)N(C)C)c2cccc(F)c2)Cc2c1cnn2-c1ccc(F)cc1. The number of carbonyl (C=O) groups excluding carboxylic acids is 1. The molecule has 1 aromatic heterocycles. The summed E-state index contributed by atoms with van der Waals surface area (Å²) in [4.78, 5) is 14.0. The maximum atomic E-state index is 14.0. The van der Waals surface area contributed by atoms with Gasteiger partial charge in [0.2, 0.25) is 0 Å². The predicted molar refractivity (Wildman–Crippen MR) is 131 cm³/mol. The zero-order valence-corrected chi connectivity index (χ0v) is 20.3. The molecule has 0 saturated heterocycles. The first-order valence-electron chi connectivity index (χ1n) is 12.1. The lowest BCUT2D eigenvalue weighted by molar-refractivity contribution is 0.211. The van der Waals surface area contributed by atoms with Crippen molar-refractivity contribution in [2.24, 2.45) is 5.92 Å². The first-order chi connectivity index (χ1) is 16.8. The maximum absolute atomic E-state index is 14.0. The van der Waals surface area contributed by atoms with Crippen molar-refractivity contribution >= 4 is 6.03 Å². The predicted octanol–water partition coefficient (Wildman–Crippen LogP) is 5.92. The Hall–Kier alpha value is -3.48. The van der Waals surface area contributed by atoms with Gasteiger partial charge in [-0.25, -0.2) is 18.3 Å². The van der Waals surface area contributed by atoms with Crippen LogP contribution in [0.5, 0.6) is 0 Å². The molecule has 1 heterocycles. The summed E-state index contributed by atoms with van der Waals surface area (Å²) in [7, 11) is 3.41. The number of nitrogens with one attached hydrogen (secondary N) is 1. The Balaban J connectivity index is 1.42. The van der Waals surface area contributed by atoms with E-state index in [1.165, 1.54) is 45.9 Å². The van der Waals surface area contributed by atoms with E-state index in [4.69, 9.17) is 0 Å². The van der Waals surface area contributed by atoms with E-state index < -0.39 is 0 Å². The second kappa shape index (κ2) is 9.29. The van der Waals surface area contributed by atoms with Gasteiger partial charge in [0, 0.05) is 32.0 Å². The van der Waals surface area contributed by atoms with Crippen molar-refractivity contribution in [3.8, 4) is 5.69 Å². The fourth-order valence-electron chi connectivity index (χ4n) is 5.70. The van der Waals surface area contributed by atoms with E-state index in [-0.39, 0.29) is 35.5 Å². The van der Waals surface area contributed by atoms with Gasteiger partial charge in [0.05, 0.1) is 23.6 Å². The first-order valence-corrected chi connectivity index (χ1v) is 12.1. The second-order valence-electron chi connectivity index (χ2n) is 9.81. The molecule has 2 amide bonds. The van der Waals surface area contributed by atoms with E-state index in [1.54, 1.807) is 32.3 Å². The van der Waals surface area contributed by atoms with E-state index >= 15 is 0 Å². The van der Waals surface area contributed by atoms with Crippen molar-refractivity contribution in [2.45, 2.75) is 44.6 Å². The fourth-order valence-corrected chi connectivity index (χ4v) is 5.70. The van der Waals surface area contributed by atoms with Crippen LogP contribution in [0.1, 0.15) is 55.0 Å². The molecule has 2 aliphatic carbocycles. The van der Waals surface area contributed by atoms with Gasteiger partial charge in [-0.05, 0) is 67.1 Å². The highest BCUT2D eigenvalue weighted by atomic mass is 19.1. The van der Waals surface area contributed by atoms with Crippen molar-refractivity contribution in [1.29, 1.82) is 0 Å². The molecule has 0 aliphatic heterocycles. The quantitative estimate of drug-likeness (QED) is 0.465. The van der Waals surface area contributed by atoms with Crippen molar-refractivity contribution in [2.75, 3.05) is 14.1 Å². The molecule has 0 saturated carbocycles. The molecule has 35 heavy (non-hydrogen) atoms. The normalized spacial score (nSPS) is 19.8. The summed E-state index contributed by atoms with van der Waals surface area (Å²) < 4.78 is 29.4. The molecule has 0 fully saturated rings. The minimum absolute atomic E-state index is 0.189. The minimum Gasteiger partial charge on any atom is -0.331 e. The van der Waals surface area contributed by atoms with Gasteiger partial charge in [-0.2, -0.15) is 5.10 Å². The van der Waals surface area contributed by atoms with Crippen LogP contribution in [0.4, 0.5) is 13.6 Å². The van der Waals surface area contributed by atoms with Crippen LogP contribution in [0.2, 0.25) is 0 Å². The lowest BCUT2D eigenvalue weighted by Gasteiger charge is -2.30. The average molecular weight is 477 g/mol. The third-order valence-corrected chi connectivity index (χ3v) is 7.40. The lowest BCUT2D eigenvalue weighted by atomic mass is 9.78. The maximum Gasteiger partial charge on any atom is 0.317 e. The molecule has 0 spiro atoms. The minimum atomic E-state index is -0.304. The number of allylic oxidation sites excluding steroid dienone is 2. The molecular formula is C28H30F2N4O. The molecule has 3 aromatic rings. The van der Waals surface area contributed by atoms with Crippen LogP contribution in [-0.2, 0) is 6.42 Å². The number of hydrogen-bond acceptors (Lipinski definition) is 2. The highest BCUT2D eigenvalue weighted by Crippen LogP contribution is 2.49. The van der Waals surface area contributed by atoms with Crippen LogP contribution in [0.3, 0.4) is 0 Å². The van der Waals surface area contributed by atoms with E-state index in [2.05, 4.69) is 17.3 Å². The van der Waals surface area contributed by atoms with Crippen LogP contribution in [0.25, 0.3) is 5.69 Å². The summed E-state index contributed by atoms with van der Waals surface area (Å²) >= 11 is 0. The summed E-state index contributed by atoms with van der Waals surface area (Å²) in [5.74, 6) is -0.0750. The van der Waals surface area contributed by atoms with Gasteiger partial charge in [-0.15, -0.1) is 0 Å². The number of aromatic nitrogens is 2. The topological polar surface area (TPSA) is 50.2 Å². The van der Waals surface area contributed by atoms with Gasteiger partial charge in [0.25, 0.3) is 0 Å². The van der Waals surface area contributed by atoms with E-state index in [1.807, 2.05) is 16.9 Å². The molecule has 182 valence electrons. The third-order valence-electron chi connectivity index (χ3n) is 7.40. The summed E-state index contributed by atoms with van der Waals surface area (Å²) in [6.07, 6.45) is 5.47. The lowest BCUT2D eigenvalue weighted by Crippen LogP contribution is -2.38. The van der Waals surface area contributed by atoms with Gasteiger partial charge in [-0.3, -0.25) is 0 Å². The molecule has 2 aliphatic rings. The Bertz CT molecular complexity index is 1280. The number of hydrogen-bond donors (Lipinski definition) is 1. The zero-order chi connectivity index (χ0) is 24.7. The second-order valence-corrected chi connectivity index (χ2v) is 9.81. The van der Waals surface area contributed by atoms with Gasteiger partial charge >= 0.3 is 6.03 Å². The van der Waals surface area contributed by atoms with E-state index in [0.29, 0.717) is 6.42 Å². The monoisotopic (exact) mass is 476 g/mol. The number of benzene rings is 2. The Morgan fingerprint density at radius 1 is 1.17 bits per heavy atom. The molecule has 1 unspecified atom stereocenters. The van der Waals surface area contributed by atoms with Crippen molar-refractivity contribution < 1.29 is 13.6 Å². The summed E-state index contributed by atoms with van der Waals surface area (Å²) in [5.41, 5.74) is 6.84. The molecule has 2 aromatic carbocycles. The average Bonchev–Trinajstić information content (AvgIpc) is 3.44. The number of carbonyl (C=O) groups is 1. The van der Waals surface area contributed by atoms with E-state index in [0.717, 1.165) is 36.2 Å². The van der Waals surface area contributed by atoms with Crippen LogP contribution < -0.4 is 5.32 Å². The van der Waals surface area contributed by atoms with E-state index in [9.17, 15) is 13.6 Å². The van der Waals surface area contributed by atoms with Gasteiger partial charge in [0.1, 0.15) is 11.6 Å². The number of nitrogens with zero attached hydrogens (tertiary/aromatic N) is 3. The first kappa shape index (κ1) is 23.3. The molecule has 0 radical (unpaired) electrons. The van der Waals surface area contributed by atoms with Crippen molar-refractivity contribution in [1.82, 2.24) is 20.0 Å². The summed E-state index contributed by atoms with van der Waals surface area (Å²) in [6.45, 7) is 2.22. The van der Waals surface area contributed by atoms with Crippen LogP contribution >= 0.6 is 0 Å². The Morgan fingerprint density at radius 2 is 1.94 bits per heavy atom. The van der Waals surface area contributed by atoms with Gasteiger partial charge < -0.3 is 10.2 Å². The van der Waals surface area contributed by atoms with Crippen LogP contribution in [0, 0.1) is 17.6 Å². The molecule has 3 atom stereocenters. The number of fused-ring (bicyclic) bond motifs is 1. The highest BCUT2D eigenvalue weighted by Gasteiger charge is 2.37. The Kier molecular flexibility index (Phi) is 6.17. The highest BCUT2D eigenvalue weighted by molar-refractivity contribution is 5.74.